The van der Waals surface area contributed by atoms with Crippen LogP contribution < -0.4 is 5.73 Å². The van der Waals surface area contributed by atoms with E-state index in [1.807, 2.05) is 20.8 Å². The maximum atomic E-state index is 11.9. The third kappa shape index (κ3) is 4.70. The molecule has 19 heavy (non-hydrogen) atoms. The number of likely N-dealkylation sites (tertiary alicyclic amines) is 1. The van der Waals surface area contributed by atoms with E-state index in [2.05, 4.69) is 0 Å². The van der Waals surface area contributed by atoms with Gasteiger partial charge >= 0.3 is 12.1 Å². The highest BCUT2D eigenvalue weighted by molar-refractivity contribution is 5.71. The number of amides is 1. The highest BCUT2D eigenvalue weighted by Crippen LogP contribution is 2.25. The van der Waals surface area contributed by atoms with Gasteiger partial charge in [-0.2, -0.15) is 0 Å². The summed E-state index contributed by atoms with van der Waals surface area (Å²) < 4.78 is 5.29. The molecule has 0 aliphatic carbocycles. The summed E-state index contributed by atoms with van der Waals surface area (Å²) in [7, 11) is 0. The number of nitrogens with two attached hydrogens (primary N) is 1. The van der Waals surface area contributed by atoms with Crippen molar-refractivity contribution in [1.82, 2.24) is 4.90 Å². The molecule has 110 valence electrons. The van der Waals surface area contributed by atoms with Crippen molar-refractivity contribution >= 4 is 12.1 Å². The molecule has 6 nitrogen and oxygen atoms in total. The van der Waals surface area contributed by atoms with Crippen LogP contribution in [0.3, 0.4) is 0 Å². The minimum atomic E-state index is -0.849. The zero-order chi connectivity index (χ0) is 14.6. The fourth-order valence-corrected chi connectivity index (χ4v) is 2.31. The Bertz CT molecular complexity index is 330. The minimum Gasteiger partial charge on any atom is -0.481 e. The van der Waals surface area contributed by atoms with Crippen molar-refractivity contribution in [3.63, 3.8) is 0 Å². The Labute approximate surface area is 113 Å². The molecule has 1 rings (SSSR count). The molecule has 1 fully saturated rings. The number of carbonyl (C=O) groups excluding carboxylic acids is 1. The van der Waals surface area contributed by atoms with Crippen LogP contribution in [0.4, 0.5) is 4.79 Å². The van der Waals surface area contributed by atoms with Crippen molar-refractivity contribution in [1.29, 1.82) is 0 Å². The number of nitrogens with zero attached hydrogens (tertiary/aromatic N) is 1. The van der Waals surface area contributed by atoms with Gasteiger partial charge < -0.3 is 20.5 Å². The summed E-state index contributed by atoms with van der Waals surface area (Å²) in [6, 6.07) is 0. The SMILES string of the molecule is CC(C)(C)OC(=O)N1CCC(C(CN)C(=O)O)CC1. The summed E-state index contributed by atoms with van der Waals surface area (Å²) in [6.07, 6.45) is 0.992. The van der Waals surface area contributed by atoms with Crippen LogP contribution in [0.5, 0.6) is 0 Å². The maximum absolute atomic E-state index is 11.9. The predicted molar refractivity (Wildman–Crippen MR) is 70.7 cm³/mol. The summed E-state index contributed by atoms with van der Waals surface area (Å²) in [5, 5.41) is 9.07. The van der Waals surface area contributed by atoms with Gasteiger partial charge in [0.05, 0.1) is 5.92 Å². The van der Waals surface area contributed by atoms with Crippen LogP contribution in [0.1, 0.15) is 33.6 Å². The molecule has 3 N–H and O–H groups in total. The largest absolute Gasteiger partial charge is 0.481 e. The number of ether oxygens (including phenoxy) is 1. The van der Waals surface area contributed by atoms with Crippen LogP contribution in [0.25, 0.3) is 0 Å². The van der Waals surface area contributed by atoms with Crippen LogP contribution in [-0.4, -0.2) is 47.3 Å². The molecule has 1 saturated heterocycles. The first-order chi connectivity index (χ1) is 8.74. The van der Waals surface area contributed by atoms with Gasteiger partial charge in [0.25, 0.3) is 0 Å². The Balaban J connectivity index is 2.49. The van der Waals surface area contributed by atoms with Crippen LogP contribution >= 0.6 is 0 Å². The number of hydrogen-bond donors (Lipinski definition) is 2. The van der Waals surface area contributed by atoms with Gasteiger partial charge in [-0.15, -0.1) is 0 Å². The zero-order valence-corrected chi connectivity index (χ0v) is 11.9. The number of piperidine rings is 1. The number of rotatable bonds is 3. The topological polar surface area (TPSA) is 92.9 Å². The van der Waals surface area contributed by atoms with Crippen LogP contribution in [0.15, 0.2) is 0 Å². The Morgan fingerprint density at radius 3 is 2.26 bits per heavy atom. The molecule has 6 heteroatoms. The molecule has 0 aromatic carbocycles. The van der Waals surface area contributed by atoms with E-state index in [-0.39, 0.29) is 18.6 Å². The van der Waals surface area contributed by atoms with Gasteiger partial charge in [0.15, 0.2) is 0 Å². The average Bonchev–Trinajstić information content (AvgIpc) is 2.28. The predicted octanol–water partition coefficient (Wildman–Crippen LogP) is 1.29. The van der Waals surface area contributed by atoms with Gasteiger partial charge in [0.1, 0.15) is 5.60 Å². The lowest BCUT2D eigenvalue weighted by molar-refractivity contribution is -0.143. The van der Waals surface area contributed by atoms with Crippen molar-refractivity contribution in [2.24, 2.45) is 17.6 Å². The van der Waals surface area contributed by atoms with E-state index in [0.717, 1.165) is 0 Å². The highest BCUT2D eigenvalue weighted by Gasteiger charge is 2.33. The quantitative estimate of drug-likeness (QED) is 0.807. The third-order valence-electron chi connectivity index (χ3n) is 3.33. The zero-order valence-electron chi connectivity index (χ0n) is 11.9. The molecule has 0 spiro atoms. The van der Waals surface area contributed by atoms with Crippen molar-refractivity contribution < 1.29 is 19.4 Å². The van der Waals surface area contributed by atoms with Gasteiger partial charge in [-0.25, -0.2) is 4.79 Å². The monoisotopic (exact) mass is 272 g/mol. The second kappa shape index (κ2) is 6.23. The number of aliphatic carboxylic acids is 1. The third-order valence-corrected chi connectivity index (χ3v) is 3.33. The van der Waals surface area contributed by atoms with Crippen molar-refractivity contribution in [2.75, 3.05) is 19.6 Å². The normalized spacial score (nSPS) is 19.1. The molecular formula is C13H24N2O4. The molecule has 0 saturated carbocycles. The summed E-state index contributed by atoms with van der Waals surface area (Å²) in [4.78, 5) is 24.5. The highest BCUT2D eigenvalue weighted by atomic mass is 16.6. The Hall–Kier alpha value is -1.30. The van der Waals surface area contributed by atoms with Crippen molar-refractivity contribution in [2.45, 2.75) is 39.2 Å². The average molecular weight is 272 g/mol. The second-order valence-corrected chi connectivity index (χ2v) is 5.99. The number of carboxylic acid groups (broad SMARTS) is 1. The van der Waals surface area contributed by atoms with Gasteiger partial charge in [-0.3, -0.25) is 4.79 Å². The van der Waals surface area contributed by atoms with E-state index in [9.17, 15) is 9.59 Å². The van der Waals surface area contributed by atoms with E-state index in [1.165, 1.54) is 0 Å². The van der Waals surface area contributed by atoms with E-state index in [1.54, 1.807) is 4.90 Å². The number of hydrogen-bond acceptors (Lipinski definition) is 4. The number of carboxylic acids is 1. The molecule has 1 amide bonds. The summed E-state index contributed by atoms with van der Waals surface area (Å²) in [6.45, 7) is 6.69. The molecule has 0 radical (unpaired) electrons. The lowest BCUT2D eigenvalue weighted by Gasteiger charge is -2.35. The van der Waals surface area contributed by atoms with E-state index in [0.29, 0.717) is 25.9 Å². The fourth-order valence-electron chi connectivity index (χ4n) is 2.31. The Morgan fingerprint density at radius 1 is 1.37 bits per heavy atom. The smallest absolute Gasteiger partial charge is 0.410 e. The van der Waals surface area contributed by atoms with E-state index < -0.39 is 17.5 Å². The van der Waals surface area contributed by atoms with Gasteiger partial charge in [-0.1, -0.05) is 0 Å². The standard InChI is InChI=1S/C13H24N2O4/c1-13(2,3)19-12(18)15-6-4-9(5-7-15)10(8-14)11(16)17/h9-10H,4-8,14H2,1-3H3,(H,16,17). The Kier molecular flexibility index (Phi) is 5.17. The molecule has 1 heterocycles. The molecular weight excluding hydrogens is 248 g/mol. The lowest BCUT2D eigenvalue weighted by atomic mass is 9.84. The Morgan fingerprint density at radius 2 is 1.89 bits per heavy atom. The molecule has 1 atom stereocenters. The number of carbonyl (C=O) groups is 2. The first-order valence-corrected chi connectivity index (χ1v) is 6.65. The molecule has 0 aromatic heterocycles. The lowest BCUT2D eigenvalue weighted by Crippen LogP contribution is -2.44. The van der Waals surface area contributed by atoms with Gasteiger partial charge in [0, 0.05) is 19.6 Å². The summed E-state index contributed by atoms with van der Waals surface area (Å²) in [5.74, 6) is -1.32. The molecule has 1 aliphatic heterocycles. The van der Waals surface area contributed by atoms with Crippen molar-refractivity contribution in [3.8, 4) is 0 Å². The molecule has 0 aromatic rings. The molecule has 0 bridgehead atoms. The fraction of sp³-hybridized carbons (Fsp3) is 0.846. The molecule has 1 aliphatic rings. The maximum Gasteiger partial charge on any atom is 0.410 e. The van der Waals surface area contributed by atoms with Crippen LogP contribution in [0, 0.1) is 11.8 Å². The second-order valence-electron chi connectivity index (χ2n) is 5.99. The van der Waals surface area contributed by atoms with Crippen LogP contribution in [0.2, 0.25) is 0 Å². The van der Waals surface area contributed by atoms with Crippen molar-refractivity contribution in [3.05, 3.63) is 0 Å². The first kappa shape index (κ1) is 15.8. The van der Waals surface area contributed by atoms with E-state index in [4.69, 9.17) is 15.6 Å². The van der Waals surface area contributed by atoms with Gasteiger partial charge in [0.2, 0.25) is 0 Å². The molecule has 1 unspecified atom stereocenters. The van der Waals surface area contributed by atoms with Gasteiger partial charge in [-0.05, 0) is 39.5 Å². The first-order valence-electron chi connectivity index (χ1n) is 6.65. The summed E-state index contributed by atoms with van der Waals surface area (Å²) in [5.41, 5.74) is 4.99. The van der Waals surface area contributed by atoms with E-state index >= 15 is 0 Å². The minimum absolute atomic E-state index is 0.0428. The van der Waals surface area contributed by atoms with Crippen LogP contribution in [-0.2, 0) is 9.53 Å². The summed E-state index contributed by atoms with van der Waals surface area (Å²) >= 11 is 0.